The number of halogens is 1. The summed E-state index contributed by atoms with van der Waals surface area (Å²) in [5.74, 6) is -0.275. The fraction of sp³-hybridized carbons (Fsp3) is 0.857. The molecule has 66 valence electrons. The van der Waals surface area contributed by atoms with Gasteiger partial charge in [-0.1, -0.05) is 0 Å². The molecule has 1 unspecified atom stereocenters. The summed E-state index contributed by atoms with van der Waals surface area (Å²) in [6, 6.07) is 0. The second kappa shape index (κ2) is 4.57. The second-order valence-electron chi connectivity index (χ2n) is 3.01. The number of carboxylic acid groups (broad SMARTS) is 1. The molecule has 4 heteroatoms. The highest BCUT2D eigenvalue weighted by Gasteiger charge is 2.21. The van der Waals surface area contributed by atoms with E-state index in [9.17, 15) is 4.79 Å². The molecule has 0 aromatic rings. The monoisotopic (exact) mass is 179 g/mol. The minimum Gasteiger partial charge on any atom is -0.481 e. The van der Waals surface area contributed by atoms with E-state index in [1.165, 1.54) is 0 Å². The number of aliphatic carboxylic acids is 1. The molecule has 0 bridgehead atoms. The van der Waals surface area contributed by atoms with Crippen LogP contribution < -0.4 is 0 Å². The van der Waals surface area contributed by atoms with Gasteiger partial charge in [-0.15, -0.1) is 12.4 Å². The van der Waals surface area contributed by atoms with Crippen molar-refractivity contribution in [1.82, 2.24) is 4.90 Å². The van der Waals surface area contributed by atoms with E-state index in [0.29, 0.717) is 12.3 Å². The standard InChI is InChI=1S/C7H13NO2.ClH/c1-8-3-2-6(5-8)4-7(9)10;/h6H,2-5H2,1H3,(H,9,10);1H. The third kappa shape index (κ3) is 3.58. The number of hydrogen-bond donors (Lipinski definition) is 1. The van der Waals surface area contributed by atoms with Crippen LogP contribution in [0.4, 0.5) is 0 Å². The van der Waals surface area contributed by atoms with Crippen LogP contribution in [-0.4, -0.2) is 36.1 Å². The van der Waals surface area contributed by atoms with E-state index in [1.54, 1.807) is 0 Å². The summed E-state index contributed by atoms with van der Waals surface area (Å²) in [6.45, 7) is 2.00. The van der Waals surface area contributed by atoms with Gasteiger partial charge in [0.1, 0.15) is 0 Å². The van der Waals surface area contributed by atoms with Crippen LogP contribution in [0.25, 0.3) is 0 Å². The van der Waals surface area contributed by atoms with Crippen LogP contribution in [0.3, 0.4) is 0 Å². The molecule has 1 aliphatic rings. The van der Waals surface area contributed by atoms with E-state index in [0.717, 1.165) is 19.5 Å². The van der Waals surface area contributed by atoms with Crippen molar-refractivity contribution < 1.29 is 9.90 Å². The molecular weight excluding hydrogens is 166 g/mol. The third-order valence-electron chi connectivity index (χ3n) is 1.95. The van der Waals surface area contributed by atoms with Crippen LogP contribution in [0.15, 0.2) is 0 Å². The summed E-state index contributed by atoms with van der Waals surface area (Å²) in [4.78, 5) is 12.4. The van der Waals surface area contributed by atoms with Crippen LogP contribution in [-0.2, 0) is 4.79 Å². The zero-order valence-corrected chi connectivity index (χ0v) is 7.43. The maximum absolute atomic E-state index is 10.2. The Hall–Kier alpha value is -0.280. The van der Waals surface area contributed by atoms with Gasteiger partial charge in [-0.2, -0.15) is 0 Å². The van der Waals surface area contributed by atoms with Crippen molar-refractivity contribution in [1.29, 1.82) is 0 Å². The lowest BCUT2D eigenvalue weighted by atomic mass is 10.1. The Morgan fingerprint density at radius 2 is 2.36 bits per heavy atom. The lowest BCUT2D eigenvalue weighted by Crippen LogP contribution is -2.15. The van der Waals surface area contributed by atoms with E-state index >= 15 is 0 Å². The molecule has 1 rings (SSSR count). The van der Waals surface area contributed by atoms with E-state index in [2.05, 4.69) is 4.90 Å². The summed E-state index contributed by atoms with van der Waals surface area (Å²) in [7, 11) is 2.03. The molecule has 0 aromatic carbocycles. The Bertz CT molecular complexity index is 140. The Balaban J connectivity index is 0.000001000. The molecule has 0 spiro atoms. The highest BCUT2D eigenvalue weighted by molar-refractivity contribution is 5.85. The summed E-state index contributed by atoms with van der Waals surface area (Å²) in [5, 5.41) is 8.44. The number of rotatable bonds is 2. The Morgan fingerprint density at radius 3 is 2.73 bits per heavy atom. The van der Waals surface area contributed by atoms with E-state index in [4.69, 9.17) is 5.11 Å². The molecule has 3 nitrogen and oxygen atoms in total. The van der Waals surface area contributed by atoms with E-state index in [-0.39, 0.29) is 12.4 Å². The summed E-state index contributed by atoms with van der Waals surface area (Å²) in [5.41, 5.74) is 0. The zero-order valence-electron chi connectivity index (χ0n) is 6.62. The molecule has 1 atom stereocenters. The normalized spacial score (nSPS) is 24.6. The average molecular weight is 180 g/mol. The predicted octanol–water partition coefficient (Wildman–Crippen LogP) is 0.835. The summed E-state index contributed by atoms with van der Waals surface area (Å²) in [6.07, 6.45) is 1.38. The van der Waals surface area contributed by atoms with Crippen molar-refractivity contribution in [2.75, 3.05) is 20.1 Å². The van der Waals surface area contributed by atoms with Gasteiger partial charge >= 0.3 is 5.97 Å². The Morgan fingerprint density at radius 1 is 1.73 bits per heavy atom. The lowest BCUT2D eigenvalue weighted by Gasteiger charge is -2.06. The quantitative estimate of drug-likeness (QED) is 0.683. The first kappa shape index (κ1) is 10.7. The molecule has 1 fully saturated rings. The minimum atomic E-state index is -0.666. The van der Waals surface area contributed by atoms with Crippen LogP contribution >= 0.6 is 12.4 Å². The Kier molecular flexibility index (Phi) is 4.45. The van der Waals surface area contributed by atoms with Crippen molar-refractivity contribution in [2.24, 2.45) is 5.92 Å². The van der Waals surface area contributed by atoms with Crippen LogP contribution in [0.5, 0.6) is 0 Å². The van der Waals surface area contributed by atoms with Crippen LogP contribution in [0.2, 0.25) is 0 Å². The number of nitrogens with zero attached hydrogens (tertiary/aromatic N) is 1. The smallest absolute Gasteiger partial charge is 0.303 e. The number of carboxylic acids is 1. The molecule has 1 aliphatic heterocycles. The maximum Gasteiger partial charge on any atom is 0.303 e. The molecule has 11 heavy (non-hydrogen) atoms. The first-order chi connectivity index (χ1) is 4.68. The van der Waals surface area contributed by atoms with Gasteiger partial charge in [0, 0.05) is 13.0 Å². The fourth-order valence-electron chi connectivity index (χ4n) is 1.44. The zero-order chi connectivity index (χ0) is 7.56. The highest BCUT2D eigenvalue weighted by Crippen LogP contribution is 2.17. The van der Waals surface area contributed by atoms with Gasteiger partial charge in [0.15, 0.2) is 0 Å². The molecule has 1 heterocycles. The van der Waals surface area contributed by atoms with Crippen molar-refractivity contribution in [3.05, 3.63) is 0 Å². The van der Waals surface area contributed by atoms with Crippen molar-refractivity contribution in [3.8, 4) is 0 Å². The molecular formula is C7H14ClNO2. The van der Waals surface area contributed by atoms with Crippen LogP contribution in [0, 0.1) is 5.92 Å². The van der Waals surface area contributed by atoms with E-state index < -0.39 is 5.97 Å². The number of hydrogen-bond acceptors (Lipinski definition) is 2. The summed E-state index contributed by atoms with van der Waals surface area (Å²) >= 11 is 0. The Labute approximate surface area is 72.8 Å². The number of likely N-dealkylation sites (tertiary alicyclic amines) is 1. The predicted molar refractivity (Wildman–Crippen MR) is 45.1 cm³/mol. The molecule has 1 N–H and O–H groups in total. The van der Waals surface area contributed by atoms with Gasteiger partial charge in [-0.3, -0.25) is 4.79 Å². The van der Waals surface area contributed by atoms with Crippen molar-refractivity contribution in [3.63, 3.8) is 0 Å². The lowest BCUT2D eigenvalue weighted by molar-refractivity contribution is -0.138. The van der Waals surface area contributed by atoms with Gasteiger partial charge < -0.3 is 10.0 Å². The molecule has 0 aromatic heterocycles. The topological polar surface area (TPSA) is 40.5 Å². The van der Waals surface area contributed by atoms with Crippen molar-refractivity contribution >= 4 is 18.4 Å². The molecule has 1 saturated heterocycles. The molecule has 0 aliphatic carbocycles. The molecule has 0 radical (unpaired) electrons. The van der Waals surface area contributed by atoms with Gasteiger partial charge in [-0.05, 0) is 25.9 Å². The van der Waals surface area contributed by atoms with E-state index in [1.807, 2.05) is 7.05 Å². The molecule has 0 amide bonds. The number of carbonyl (C=O) groups is 1. The van der Waals surface area contributed by atoms with Crippen molar-refractivity contribution in [2.45, 2.75) is 12.8 Å². The fourth-order valence-corrected chi connectivity index (χ4v) is 1.44. The average Bonchev–Trinajstić information content (AvgIpc) is 2.13. The summed E-state index contributed by atoms with van der Waals surface area (Å²) < 4.78 is 0. The van der Waals surface area contributed by atoms with Gasteiger partial charge in [0.05, 0.1) is 0 Å². The molecule has 0 saturated carbocycles. The third-order valence-corrected chi connectivity index (χ3v) is 1.95. The minimum absolute atomic E-state index is 0. The second-order valence-corrected chi connectivity index (χ2v) is 3.01. The largest absolute Gasteiger partial charge is 0.481 e. The highest BCUT2D eigenvalue weighted by atomic mass is 35.5. The SMILES string of the molecule is CN1CCC(CC(=O)O)C1.Cl. The van der Waals surface area contributed by atoms with Gasteiger partial charge in [0.2, 0.25) is 0 Å². The van der Waals surface area contributed by atoms with Crippen LogP contribution in [0.1, 0.15) is 12.8 Å². The first-order valence-electron chi connectivity index (χ1n) is 3.59. The first-order valence-corrected chi connectivity index (χ1v) is 3.59. The maximum atomic E-state index is 10.2. The van der Waals surface area contributed by atoms with Gasteiger partial charge in [-0.25, -0.2) is 0 Å². The van der Waals surface area contributed by atoms with Gasteiger partial charge in [0.25, 0.3) is 0 Å².